The highest BCUT2D eigenvalue weighted by molar-refractivity contribution is 9.10. The first-order chi connectivity index (χ1) is 9.49. The third kappa shape index (κ3) is 2.59. The van der Waals surface area contributed by atoms with E-state index in [9.17, 15) is 9.18 Å². The number of benzene rings is 1. The zero-order valence-corrected chi connectivity index (χ0v) is 13.2. The van der Waals surface area contributed by atoms with Crippen molar-refractivity contribution in [2.45, 2.75) is 5.16 Å². The molecule has 0 fully saturated rings. The smallest absolute Gasteiger partial charge is 0.270 e. The molecule has 0 aliphatic rings. The van der Waals surface area contributed by atoms with Crippen molar-refractivity contribution >= 4 is 39.3 Å². The molecule has 1 aromatic heterocycles. The normalized spacial score (nSPS) is 10.3. The molecule has 0 radical (unpaired) electrons. The molecule has 1 aromatic carbocycles. The number of aromatic amines is 1. The van der Waals surface area contributed by atoms with Gasteiger partial charge in [0.15, 0.2) is 11.0 Å². The van der Waals surface area contributed by atoms with E-state index in [-0.39, 0.29) is 21.8 Å². The summed E-state index contributed by atoms with van der Waals surface area (Å²) >= 11 is 10.1. The van der Waals surface area contributed by atoms with Crippen LogP contribution in [-0.2, 0) is 0 Å². The van der Waals surface area contributed by atoms with E-state index in [1.54, 1.807) is 12.3 Å². The monoisotopic (exact) mass is 373 g/mol. The SMILES string of the molecule is CSc1nc(-c2ccc(Br)c(Cl)c2F)c(C#N)c(=O)[nH]1. The van der Waals surface area contributed by atoms with Gasteiger partial charge in [-0.25, -0.2) is 9.37 Å². The Morgan fingerprint density at radius 2 is 2.25 bits per heavy atom. The molecule has 0 spiro atoms. The van der Waals surface area contributed by atoms with Crippen molar-refractivity contribution in [1.29, 1.82) is 5.26 Å². The minimum Gasteiger partial charge on any atom is -0.300 e. The average Bonchev–Trinajstić information content (AvgIpc) is 2.44. The number of aromatic nitrogens is 2. The molecule has 8 heteroatoms. The van der Waals surface area contributed by atoms with Gasteiger partial charge in [-0.05, 0) is 34.3 Å². The van der Waals surface area contributed by atoms with E-state index in [1.807, 2.05) is 0 Å². The van der Waals surface area contributed by atoms with Gasteiger partial charge in [0.1, 0.15) is 11.6 Å². The van der Waals surface area contributed by atoms with Gasteiger partial charge in [-0.3, -0.25) is 4.79 Å². The van der Waals surface area contributed by atoms with Gasteiger partial charge >= 0.3 is 0 Å². The van der Waals surface area contributed by atoms with Gasteiger partial charge in [-0.2, -0.15) is 5.26 Å². The van der Waals surface area contributed by atoms with Crippen LogP contribution in [0.4, 0.5) is 4.39 Å². The zero-order chi connectivity index (χ0) is 14.9. The van der Waals surface area contributed by atoms with E-state index in [4.69, 9.17) is 16.9 Å². The Balaban J connectivity index is 2.82. The molecule has 0 atom stereocenters. The fraction of sp³-hybridized carbons (Fsp3) is 0.0833. The number of hydrogen-bond donors (Lipinski definition) is 1. The van der Waals surface area contributed by atoms with Crippen LogP contribution < -0.4 is 5.56 Å². The summed E-state index contributed by atoms with van der Waals surface area (Å²) in [7, 11) is 0. The third-order valence-electron chi connectivity index (χ3n) is 2.49. The van der Waals surface area contributed by atoms with Gasteiger partial charge in [-0.15, -0.1) is 0 Å². The topological polar surface area (TPSA) is 69.5 Å². The summed E-state index contributed by atoms with van der Waals surface area (Å²) in [4.78, 5) is 18.3. The molecule has 102 valence electrons. The van der Waals surface area contributed by atoms with Crippen molar-refractivity contribution in [2.75, 3.05) is 6.26 Å². The highest BCUT2D eigenvalue weighted by Gasteiger charge is 2.19. The second kappa shape index (κ2) is 5.95. The van der Waals surface area contributed by atoms with E-state index in [2.05, 4.69) is 25.9 Å². The molecule has 2 aromatic rings. The molecular weight excluding hydrogens is 369 g/mol. The molecular formula is C12H6BrClFN3OS. The predicted octanol–water partition coefficient (Wildman–Crippen LogP) is 3.59. The molecule has 0 bridgehead atoms. The third-order valence-corrected chi connectivity index (χ3v) is 4.33. The summed E-state index contributed by atoms with van der Waals surface area (Å²) in [6.07, 6.45) is 1.71. The maximum absolute atomic E-state index is 14.2. The zero-order valence-electron chi connectivity index (χ0n) is 10.00. The van der Waals surface area contributed by atoms with E-state index in [1.165, 1.54) is 23.9 Å². The van der Waals surface area contributed by atoms with E-state index in [0.29, 0.717) is 9.63 Å². The first kappa shape index (κ1) is 15.0. The van der Waals surface area contributed by atoms with Gasteiger partial charge in [0.2, 0.25) is 0 Å². The number of nitrogens with one attached hydrogen (secondary N) is 1. The Bertz CT molecular complexity index is 787. The molecule has 4 nitrogen and oxygen atoms in total. The minimum absolute atomic E-state index is 0.0103. The maximum atomic E-state index is 14.2. The molecule has 20 heavy (non-hydrogen) atoms. The summed E-state index contributed by atoms with van der Waals surface area (Å²) in [6.45, 7) is 0. The van der Waals surface area contributed by atoms with Crippen LogP contribution in [0.5, 0.6) is 0 Å². The van der Waals surface area contributed by atoms with Gasteiger partial charge in [0, 0.05) is 10.0 Å². The Labute approximate surface area is 131 Å². The highest BCUT2D eigenvalue weighted by atomic mass is 79.9. The molecule has 2 rings (SSSR count). The lowest BCUT2D eigenvalue weighted by atomic mass is 10.1. The number of nitrogens with zero attached hydrogens (tertiary/aromatic N) is 2. The Kier molecular flexibility index (Phi) is 4.48. The van der Waals surface area contributed by atoms with Crippen molar-refractivity contribution in [2.24, 2.45) is 0 Å². The molecule has 0 saturated heterocycles. The molecule has 0 aliphatic heterocycles. The van der Waals surface area contributed by atoms with Crippen LogP contribution in [0.3, 0.4) is 0 Å². The summed E-state index contributed by atoms with van der Waals surface area (Å²) < 4.78 is 14.6. The molecule has 0 amide bonds. The van der Waals surface area contributed by atoms with Gasteiger partial charge in [0.25, 0.3) is 5.56 Å². The largest absolute Gasteiger partial charge is 0.300 e. The lowest BCUT2D eigenvalue weighted by Crippen LogP contribution is -2.15. The predicted molar refractivity (Wildman–Crippen MR) is 79.5 cm³/mol. The summed E-state index contributed by atoms with van der Waals surface area (Å²) in [5, 5.41) is 9.23. The molecule has 1 N–H and O–H groups in total. The van der Waals surface area contributed by atoms with E-state index in [0.717, 1.165) is 0 Å². The number of nitriles is 1. The van der Waals surface area contributed by atoms with Gasteiger partial charge < -0.3 is 4.98 Å². The van der Waals surface area contributed by atoms with Crippen molar-refractivity contribution in [3.63, 3.8) is 0 Å². The first-order valence-electron chi connectivity index (χ1n) is 5.21. The number of hydrogen-bond acceptors (Lipinski definition) is 4. The fourth-order valence-corrected chi connectivity index (χ4v) is 2.40. The van der Waals surface area contributed by atoms with Crippen molar-refractivity contribution < 1.29 is 4.39 Å². The van der Waals surface area contributed by atoms with Crippen molar-refractivity contribution in [3.05, 3.63) is 43.4 Å². The average molecular weight is 375 g/mol. The van der Waals surface area contributed by atoms with Crippen LogP contribution in [0.15, 0.2) is 26.6 Å². The Morgan fingerprint density at radius 3 is 2.85 bits per heavy atom. The van der Waals surface area contributed by atoms with E-state index >= 15 is 0 Å². The van der Waals surface area contributed by atoms with Gasteiger partial charge in [-0.1, -0.05) is 23.4 Å². The Morgan fingerprint density at radius 1 is 1.55 bits per heavy atom. The second-order valence-electron chi connectivity index (χ2n) is 3.63. The number of halogens is 3. The van der Waals surface area contributed by atoms with Gasteiger partial charge in [0.05, 0.1) is 10.7 Å². The highest BCUT2D eigenvalue weighted by Crippen LogP contribution is 2.33. The minimum atomic E-state index is -0.734. The fourth-order valence-electron chi connectivity index (χ4n) is 1.56. The molecule has 0 aliphatic carbocycles. The summed E-state index contributed by atoms with van der Waals surface area (Å²) in [6, 6.07) is 4.68. The quantitative estimate of drug-likeness (QED) is 0.495. The molecule has 0 saturated carbocycles. The van der Waals surface area contributed by atoms with Crippen LogP contribution in [-0.4, -0.2) is 16.2 Å². The maximum Gasteiger partial charge on any atom is 0.270 e. The standard InChI is InChI=1S/C12H6BrClFN3OS/c1-20-12-17-10(6(4-16)11(19)18-12)5-2-3-7(13)8(14)9(5)15/h2-3H,1H3,(H,17,18,19). The van der Waals surface area contributed by atoms with Crippen LogP contribution in [0.1, 0.15) is 5.56 Å². The summed E-state index contributed by atoms with van der Waals surface area (Å²) in [5.41, 5.74) is -0.871. The number of H-pyrrole nitrogens is 1. The van der Waals surface area contributed by atoms with E-state index < -0.39 is 11.4 Å². The number of thioether (sulfide) groups is 1. The second-order valence-corrected chi connectivity index (χ2v) is 5.66. The Hall–Kier alpha value is -1.36. The van der Waals surface area contributed by atoms with Crippen LogP contribution >= 0.6 is 39.3 Å². The van der Waals surface area contributed by atoms with Crippen LogP contribution in [0.2, 0.25) is 5.02 Å². The lowest BCUT2D eigenvalue weighted by molar-refractivity contribution is 0.629. The molecule has 0 unspecified atom stereocenters. The van der Waals surface area contributed by atoms with Crippen molar-refractivity contribution in [3.8, 4) is 17.3 Å². The number of rotatable bonds is 2. The lowest BCUT2D eigenvalue weighted by Gasteiger charge is -2.08. The summed E-state index contributed by atoms with van der Waals surface area (Å²) in [5.74, 6) is -0.734. The van der Waals surface area contributed by atoms with Crippen LogP contribution in [0, 0.1) is 17.1 Å². The van der Waals surface area contributed by atoms with Crippen molar-refractivity contribution in [1.82, 2.24) is 9.97 Å². The first-order valence-corrected chi connectivity index (χ1v) is 7.61. The van der Waals surface area contributed by atoms with Crippen LogP contribution in [0.25, 0.3) is 11.3 Å². The molecule has 1 heterocycles.